The first kappa shape index (κ1) is 15.0. The van der Waals surface area contributed by atoms with Gasteiger partial charge in [0.05, 0.1) is 12.0 Å². The van der Waals surface area contributed by atoms with Crippen LogP contribution in [0.3, 0.4) is 0 Å². The first-order valence-electron chi connectivity index (χ1n) is 7.29. The molecule has 23 heavy (non-hydrogen) atoms. The van der Waals surface area contributed by atoms with Crippen LogP contribution in [0.4, 0.5) is 11.6 Å². The second-order valence-corrected chi connectivity index (χ2v) is 5.17. The van der Waals surface area contributed by atoms with Crippen molar-refractivity contribution < 1.29 is 9.53 Å². The number of carbonyl (C=O) groups is 1. The van der Waals surface area contributed by atoms with E-state index in [4.69, 9.17) is 4.74 Å². The first-order chi connectivity index (χ1) is 11.1. The third-order valence-corrected chi connectivity index (χ3v) is 3.54. The number of aryl methyl sites for hydroxylation is 2. The molecule has 2 N–H and O–H groups in total. The molecule has 7 heteroatoms. The Labute approximate surface area is 133 Å². The Morgan fingerprint density at radius 1 is 1.22 bits per heavy atom. The Kier molecular flexibility index (Phi) is 3.92. The molecule has 0 saturated carbocycles. The zero-order valence-corrected chi connectivity index (χ0v) is 13.2. The predicted octanol–water partition coefficient (Wildman–Crippen LogP) is 2.89. The molecule has 0 spiro atoms. The standard InChI is InChI=1S/C16H17N5O2/c1-4-23-16(22)12-6-11-14(20-12)18-8-19-15(11)21-13-5-9(2)10(3)7-17-13/h5-8H,4H2,1-3H3,(H2,17,18,19,20,21). The molecule has 3 heterocycles. The first-order valence-corrected chi connectivity index (χ1v) is 7.29. The van der Waals surface area contributed by atoms with Crippen LogP contribution in [0, 0.1) is 13.8 Å². The summed E-state index contributed by atoms with van der Waals surface area (Å²) in [5.74, 6) is 0.852. The average molecular weight is 311 g/mol. The summed E-state index contributed by atoms with van der Waals surface area (Å²) >= 11 is 0. The van der Waals surface area contributed by atoms with E-state index in [-0.39, 0.29) is 0 Å². The monoisotopic (exact) mass is 311 g/mol. The van der Waals surface area contributed by atoms with Crippen LogP contribution in [0.1, 0.15) is 28.5 Å². The minimum absolute atomic E-state index is 0.317. The number of anilines is 2. The van der Waals surface area contributed by atoms with Crippen molar-refractivity contribution in [3.05, 3.63) is 41.5 Å². The van der Waals surface area contributed by atoms with Gasteiger partial charge in [-0.3, -0.25) is 0 Å². The summed E-state index contributed by atoms with van der Waals surface area (Å²) in [6.45, 7) is 6.11. The number of nitrogens with zero attached hydrogens (tertiary/aromatic N) is 3. The maximum atomic E-state index is 11.8. The van der Waals surface area contributed by atoms with Crippen molar-refractivity contribution in [1.29, 1.82) is 0 Å². The van der Waals surface area contributed by atoms with Crippen LogP contribution in [0.15, 0.2) is 24.7 Å². The Balaban J connectivity index is 1.97. The van der Waals surface area contributed by atoms with Crippen molar-refractivity contribution in [1.82, 2.24) is 19.9 Å². The van der Waals surface area contributed by atoms with Gasteiger partial charge in [-0.15, -0.1) is 0 Å². The SMILES string of the molecule is CCOC(=O)c1cc2c(Nc3cc(C)c(C)cn3)ncnc2[nH]1. The van der Waals surface area contributed by atoms with Crippen molar-refractivity contribution in [2.45, 2.75) is 20.8 Å². The maximum Gasteiger partial charge on any atom is 0.354 e. The Hall–Kier alpha value is -2.96. The lowest BCUT2D eigenvalue weighted by Gasteiger charge is -2.07. The van der Waals surface area contributed by atoms with Crippen LogP contribution in [0.25, 0.3) is 11.0 Å². The Bertz CT molecular complexity index is 872. The fourth-order valence-electron chi connectivity index (χ4n) is 2.17. The molecule has 3 aromatic rings. The Morgan fingerprint density at radius 3 is 2.78 bits per heavy atom. The molecule has 118 valence electrons. The summed E-state index contributed by atoms with van der Waals surface area (Å²) in [5, 5.41) is 3.87. The van der Waals surface area contributed by atoms with E-state index in [1.54, 1.807) is 19.2 Å². The number of aromatic amines is 1. The lowest BCUT2D eigenvalue weighted by molar-refractivity contribution is 0.0520. The average Bonchev–Trinajstić information content (AvgIpc) is 2.96. The lowest BCUT2D eigenvalue weighted by atomic mass is 10.2. The largest absolute Gasteiger partial charge is 0.461 e. The summed E-state index contributed by atoms with van der Waals surface area (Å²) in [6, 6.07) is 3.62. The number of hydrogen-bond acceptors (Lipinski definition) is 6. The fraction of sp³-hybridized carbons (Fsp3) is 0.250. The van der Waals surface area contributed by atoms with Crippen LogP contribution < -0.4 is 5.32 Å². The molecule has 0 unspecified atom stereocenters. The normalized spacial score (nSPS) is 10.7. The maximum absolute atomic E-state index is 11.8. The van der Waals surface area contributed by atoms with E-state index in [2.05, 4.69) is 25.3 Å². The molecule has 0 aliphatic rings. The van der Waals surface area contributed by atoms with Crippen molar-refractivity contribution >= 4 is 28.6 Å². The highest BCUT2D eigenvalue weighted by atomic mass is 16.5. The quantitative estimate of drug-likeness (QED) is 0.720. The number of rotatable bonds is 4. The second kappa shape index (κ2) is 6.04. The van der Waals surface area contributed by atoms with Gasteiger partial charge in [0.25, 0.3) is 0 Å². The number of ether oxygens (including phenoxy) is 1. The number of aromatic nitrogens is 4. The molecule has 0 aromatic carbocycles. The van der Waals surface area contributed by atoms with Gasteiger partial charge in [-0.1, -0.05) is 0 Å². The molecule has 7 nitrogen and oxygen atoms in total. The summed E-state index contributed by atoms with van der Waals surface area (Å²) in [7, 11) is 0. The molecule has 0 radical (unpaired) electrons. The minimum atomic E-state index is -0.416. The van der Waals surface area contributed by atoms with E-state index in [0.717, 1.165) is 11.1 Å². The van der Waals surface area contributed by atoms with Crippen molar-refractivity contribution in [3.8, 4) is 0 Å². The smallest absolute Gasteiger partial charge is 0.354 e. The van der Waals surface area contributed by atoms with Crippen molar-refractivity contribution in [2.75, 3.05) is 11.9 Å². The van der Waals surface area contributed by atoms with Gasteiger partial charge in [-0.05, 0) is 44.0 Å². The number of hydrogen-bond donors (Lipinski definition) is 2. The molecule has 0 saturated heterocycles. The molecule has 3 aromatic heterocycles. The van der Waals surface area contributed by atoms with Gasteiger partial charge >= 0.3 is 5.97 Å². The molecule has 0 bridgehead atoms. The van der Waals surface area contributed by atoms with E-state index >= 15 is 0 Å². The van der Waals surface area contributed by atoms with Crippen LogP contribution in [0.5, 0.6) is 0 Å². The van der Waals surface area contributed by atoms with Crippen LogP contribution >= 0.6 is 0 Å². The lowest BCUT2D eigenvalue weighted by Crippen LogP contribution is -2.04. The Morgan fingerprint density at radius 2 is 2.04 bits per heavy atom. The van der Waals surface area contributed by atoms with Crippen molar-refractivity contribution in [3.63, 3.8) is 0 Å². The molecule has 0 aliphatic carbocycles. The van der Waals surface area contributed by atoms with Gasteiger partial charge in [0, 0.05) is 6.20 Å². The van der Waals surface area contributed by atoms with Gasteiger partial charge < -0.3 is 15.0 Å². The number of pyridine rings is 1. The van der Waals surface area contributed by atoms with Crippen molar-refractivity contribution in [2.24, 2.45) is 0 Å². The number of fused-ring (bicyclic) bond motifs is 1. The minimum Gasteiger partial charge on any atom is -0.461 e. The van der Waals surface area contributed by atoms with E-state index in [0.29, 0.717) is 35.0 Å². The summed E-state index contributed by atoms with van der Waals surface area (Å²) in [4.78, 5) is 27.5. The van der Waals surface area contributed by atoms with Crippen LogP contribution in [-0.4, -0.2) is 32.5 Å². The number of carbonyl (C=O) groups excluding carboxylic acids is 1. The molecular formula is C16H17N5O2. The summed E-state index contributed by atoms with van der Waals surface area (Å²) in [5.41, 5.74) is 3.16. The highest BCUT2D eigenvalue weighted by Crippen LogP contribution is 2.24. The van der Waals surface area contributed by atoms with E-state index < -0.39 is 5.97 Å². The highest BCUT2D eigenvalue weighted by molar-refractivity contribution is 5.97. The van der Waals surface area contributed by atoms with Crippen LogP contribution in [0.2, 0.25) is 0 Å². The van der Waals surface area contributed by atoms with Gasteiger partial charge in [-0.25, -0.2) is 19.7 Å². The summed E-state index contributed by atoms with van der Waals surface area (Å²) in [6.07, 6.45) is 3.23. The van der Waals surface area contributed by atoms with Gasteiger partial charge in [-0.2, -0.15) is 0 Å². The molecule has 0 amide bonds. The second-order valence-electron chi connectivity index (χ2n) is 5.17. The molecule has 0 aliphatic heterocycles. The number of H-pyrrole nitrogens is 1. The van der Waals surface area contributed by atoms with Gasteiger partial charge in [0.2, 0.25) is 0 Å². The molecule has 3 rings (SSSR count). The predicted molar refractivity (Wildman–Crippen MR) is 86.8 cm³/mol. The highest BCUT2D eigenvalue weighted by Gasteiger charge is 2.14. The number of nitrogens with one attached hydrogen (secondary N) is 2. The van der Waals surface area contributed by atoms with E-state index in [9.17, 15) is 4.79 Å². The van der Waals surface area contributed by atoms with Crippen LogP contribution in [-0.2, 0) is 4.74 Å². The number of esters is 1. The molecule has 0 fully saturated rings. The zero-order chi connectivity index (χ0) is 16.4. The third kappa shape index (κ3) is 2.98. The van der Waals surface area contributed by atoms with Gasteiger partial charge in [0.15, 0.2) is 0 Å². The fourth-order valence-corrected chi connectivity index (χ4v) is 2.17. The topological polar surface area (TPSA) is 92.8 Å². The third-order valence-electron chi connectivity index (χ3n) is 3.54. The summed E-state index contributed by atoms with van der Waals surface area (Å²) < 4.78 is 4.99. The molecule has 0 atom stereocenters. The zero-order valence-electron chi connectivity index (χ0n) is 13.2. The molecular weight excluding hydrogens is 294 g/mol. The van der Waals surface area contributed by atoms with Gasteiger partial charge in [0.1, 0.15) is 29.3 Å². The van der Waals surface area contributed by atoms with E-state index in [1.165, 1.54) is 6.33 Å². The van der Waals surface area contributed by atoms with E-state index in [1.807, 2.05) is 19.9 Å².